The maximum atomic E-state index is 13.2. The molecule has 3 aromatic heterocycles. The van der Waals surface area contributed by atoms with Crippen LogP contribution in [0.4, 0.5) is 5.69 Å². The Morgan fingerprint density at radius 1 is 1.12 bits per heavy atom. The highest BCUT2D eigenvalue weighted by molar-refractivity contribution is 6.12. The summed E-state index contributed by atoms with van der Waals surface area (Å²) in [5.74, 6) is -0.113. The van der Waals surface area contributed by atoms with Crippen LogP contribution in [0.3, 0.4) is 0 Å². The molecule has 0 unspecified atom stereocenters. The minimum atomic E-state index is -0.204. The zero-order valence-electron chi connectivity index (χ0n) is 19.8. The molecule has 0 spiro atoms. The topological polar surface area (TPSA) is 85.1 Å². The van der Waals surface area contributed by atoms with Crippen LogP contribution in [0.2, 0.25) is 0 Å². The number of pyridine rings is 1. The highest BCUT2D eigenvalue weighted by Crippen LogP contribution is 2.24. The van der Waals surface area contributed by atoms with Gasteiger partial charge in [-0.1, -0.05) is 0 Å². The third-order valence-electron chi connectivity index (χ3n) is 5.88. The summed E-state index contributed by atoms with van der Waals surface area (Å²) in [6, 6.07) is 9.62. The number of nitrogens with one attached hydrogen (secondary N) is 1. The highest BCUT2D eigenvalue weighted by Gasteiger charge is 2.18. The number of aromatic nitrogens is 4. The van der Waals surface area contributed by atoms with Gasteiger partial charge < -0.3 is 14.8 Å². The Kier molecular flexibility index (Phi) is 6.18. The number of hydrogen-bond acceptors (Lipinski definition) is 4. The lowest BCUT2D eigenvalue weighted by atomic mass is 10.1. The Bertz CT molecular complexity index is 1330. The molecule has 0 saturated carbocycles. The molecule has 0 radical (unpaired) electrons. The van der Waals surface area contributed by atoms with Crippen LogP contribution in [0.5, 0.6) is 0 Å². The summed E-state index contributed by atoms with van der Waals surface area (Å²) in [7, 11) is 0. The number of amides is 2. The van der Waals surface area contributed by atoms with Gasteiger partial charge in [0.05, 0.1) is 17.1 Å². The van der Waals surface area contributed by atoms with Gasteiger partial charge in [0.25, 0.3) is 5.91 Å². The summed E-state index contributed by atoms with van der Waals surface area (Å²) < 4.78 is 3.77. The molecule has 0 saturated heterocycles. The average molecular weight is 447 g/mol. The fraction of sp³-hybridized carbons (Fsp3) is 0.360. The Balaban J connectivity index is 1.59. The van der Waals surface area contributed by atoms with Crippen LogP contribution in [0.1, 0.15) is 49.8 Å². The first kappa shape index (κ1) is 22.5. The second kappa shape index (κ2) is 9.05. The minimum absolute atomic E-state index is 0.0916. The number of fused-ring (bicyclic) bond motifs is 2. The summed E-state index contributed by atoms with van der Waals surface area (Å²) in [6.07, 6.45) is 3.61. The van der Waals surface area contributed by atoms with E-state index in [1.54, 1.807) is 12.3 Å². The third kappa shape index (κ3) is 4.33. The Hall–Kier alpha value is -3.68. The molecule has 33 heavy (non-hydrogen) atoms. The molecule has 8 nitrogen and oxygen atoms in total. The minimum Gasteiger partial charge on any atom is -0.342 e. The van der Waals surface area contributed by atoms with Crippen molar-refractivity contribution in [3.05, 3.63) is 54.0 Å². The molecule has 0 fully saturated rings. The number of carbonyl (C=O) groups excluding carboxylic acids is 2. The molecule has 0 aliphatic carbocycles. The van der Waals surface area contributed by atoms with Crippen molar-refractivity contribution < 1.29 is 9.59 Å². The van der Waals surface area contributed by atoms with Gasteiger partial charge in [0, 0.05) is 47.6 Å². The molecular weight excluding hydrogens is 416 g/mol. The van der Waals surface area contributed by atoms with E-state index in [0.29, 0.717) is 36.5 Å². The molecule has 2 amide bonds. The van der Waals surface area contributed by atoms with Crippen molar-refractivity contribution in [3.63, 3.8) is 0 Å². The summed E-state index contributed by atoms with van der Waals surface area (Å²) in [5.41, 5.74) is 3.67. The summed E-state index contributed by atoms with van der Waals surface area (Å²) in [6.45, 7) is 11.6. The predicted molar refractivity (Wildman–Crippen MR) is 130 cm³/mol. The van der Waals surface area contributed by atoms with Crippen molar-refractivity contribution >= 4 is 39.4 Å². The molecule has 3 heterocycles. The van der Waals surface area contributed by atoms with Crippen LogP contribution < -0.4 is 5.32 Å². The van der Waals surface area contributed by atoms with Gasteiger partial charge in [-0.05, 0) is 65.0 Å². The standard InChI is InChI=1S/C25H30N6O2/c1-6-29(7-2)23(32)15-30-11-10-18-13-19(8-9-22(18)30)28-25(33)20-12-17(5)27-24-21(20)14-26-31(24)16(3)4/h8-14,16H,6-7,15H2,1-5H3,(H,28,33). The lowest BCUT2D eigenvalue weighted by molar-refractivity contribution is -0.131. The largest absolute Gasteiger partial charge is 0.342 e. The molecule has 4 aromatic rings. The second-order valence-corrected chi connectivity index (χ2v) is 8.47. The molecule has 1 N–H and O–H groups in total. The van der Waals surface area contributed by atoms with Crippen molar-refractivity contribution in [2.24, 2.45) is 0 Å². The molecule has 0 bridgehead atoms. The van der Waals surface area contributed by atoms with Gasteiger partial charge in [0.1, 0.15) is 6.54 Å². The van der Waals surface area contributed by atoms with Crippen LogP contribution in [0.25, 0.3) is 21.9 Å². The Morgan fingerprint density at radius 3 is 2.58 bits per heavy atom. The SMILES string of the molecule is CCN(CC)C(=O)Cn1ccc2cc(NC(=O)c3cc(C)nc4c3cnn4C(C)C)ccc21. The smallest absolute Gasteiger partial charge is 0.256 e. The van der Waals surface area contributed by atoms with Crippen molar-refractivity contribution in [1.82, 2.24) is 24.2 Å². The van der Waals surface area contributed by atoms with Gasteiger partial charge in [-0.2, -0.15) is 5.10 Å². The Labute approximate surface area is 193 Å². The average Bonchev–Trinajstić information content (AvgIpc) is 3.38. The summed E-state index contributed by atoms with van der Waals surface area (Å²) >= 11 is 0. The van der Waals surface area contributed by atoms with Gasteiger partial charge >= 0.3 is 0 Å². The zero-order chi connectivity index (χ0) is 23.7. The number of anilines is 1. The molecule has 172 valence electrons. The lowest BCUT2D eigenvalue weighted by Gasteiger charge is -2.19. The monoisotopic (exact) mass is 446 g/mol. The first-order chi connectivity index (χ1) is 15.8. The fourth-order valence-corrected chi connectivity index (χ4v) is 4.15. The summed E-state index contributed by atoms with van der Waals surface area (Å²) in [4.78, 5) is 32.1. The van der Waals surface area contributed by atoms with Crippen LogP contribution in [-0.4, -0.2) is 49.1 Å². The second-order valence-electron chi connectivity index (χ2n) is 8.47. The van der Waals surface area contributed by atoms with E-state index in [0.717, 1.165) is 22.0 Å². The van der Waals surface area contributed by atoms with E-state index in [1.807, 2.05) is 79.2 Å². The first-order valence-electron chi connectivity index (χ1n) is 11.3. The van der Waals surface area contributed by atoms with Crippen LogP contribution in [-0.2, 0) is 11.3 Å². The van der Waals surface area contributed by atoms with Gasteiger partial charge in [0.2, 0.25) is 5.91 Å². The first-order valence-corrected chi connectivity index (χ1v) is 11.3. The quantitative estimate of drug-likeness (QED) is 0.456. The molecule has 0 aliphatic heterocycles. The van der Waals surface area contributed by atoms with E-state index in [-0.39, 0.29) is 17.9 Å². The Morgan fingerprint density at radius 2 is 1.88 bits per heavy atom. The normalized spacial score (nSPS) is 11.5. The number of nitrogens with zero attached hydrogens (tertiary/aromatic N) is 5. The molecular formula is C25H30N6O2. The number of benzene rings is 1. The van der Waals surface area contributed by atoms with E-state index in [9.17, 15) is 9.59 Å². The van der Waals surface area contributed by atoms with Gasteiger partial charge in [0.15, 0.2) is 5.65 Å². The number of hydrogen-bond donors (Lipinski definition) is 1. The van der Waals surface area contributed by atoms with Crippen LogP contribution in [0.15, 0.2) is 42.7 Å². The van der Waals surface area contributed by atoms with Gasteiger partial charge in [-0.25, -0.2) is 9.67 Å². The van der Waals surface area contributed by atoms with Gasteiger partial charge in [-0.3, -0.25) is 9.59 Å². The lowest BCUT2D eigenvalue weighted by Crippen LogP contribution is -2.33. The van der Waals surface area contributed by atoms with Crippen LogP contribution >= 0.6 is 0 Å². The molecule has 0 aliphatic rings. The van der Waals surface area contributed by atoms with E-state index in [1.165, 1.54) is 0 Å². The number of carbonyl (C=O) groups is 2. The molecule has 1 aromatic carbocycles. The van der Waals surface area contributed by atoms with E-state index in [2.05, 4.69) is 15.4 Å². The predicted octanol–water partition coefficient (Wildman–Crippen LogP) is 4.40. The number of likely N-dealkylation sites (N-methyl/N-ethyl adjacent to an activating group) is 1. The fourth-order valence-electron chi connectivity index (χ4n) is 4.15. The van der Waals surface area contributed by atoms with Crippen molar-refractivity contribution in [2.75, 3.05) is 18.4 Å². The van der Waals surface area contributed by atoms with Crippen molar-refractivity contribution in [1.29, 1.82) is 0 Å². The highest BCUT2D eigenvalue weighted by atomic mass is 16.2. The van der Waals surface area contributed by atoms with Gasteiger partial charge in [-0.15, -0.1) is 0 Å². The third-order valence-corrected chi connectivity index (χ3v) is 5.88. The van der Waals surface area contributed by atoms with Crippen LogP contribution in [0, 0.1) is 6.92 Å². The van der Waals surface area contributed by atoms with E-state index in [4.69, 9.17) is 0 Å². The molecule has 8 heteroatoms. The maximum Gasteiger partial charge on any atom is 0.256 e. The van der Waals surface area contributed by atoms with E-state index < -0.39 is 0 Å². The van der Waals surface area contributed by atoms with Crippen molar-refractivity contribution in [3.8, 4) is 0 Å². The zero-order valence-corrected chi connectivity index (χ0v) is 19.8. The summed E-state index contributed by atoms with van der Waals surface area (Å²) in [5, 5.41) is 9.12. The molecule has 4 rings (SSSR count). The molecule has 0 atom stereocenters. The maximum absolute atomic E-state index is 13.2. The van der Waals surface area contributed by atoms with E-state index >= 15 is 0 Å². The number of rotatable bonds is 7. The van der Waals surface area contributed by atoms with Crippen molar-refractivity contribution in [2.45, 2.75) is 47.2 Å². The number of aryl methyl sites for hydroxylation is 1.